The van der Waals surface area contributed by atoms with E-state index in [1.807, 2.05) is 6.92 Å². The van der Waals surface area contributed by atoms with Gasteiger partial charge in [-0.25, -0.2) is 4.39 Å². The van der Waals surface area contributed by atoms with Crippen molar-refractivity contribution in [1.82, 2.24) is 0 Å². The van der Waals surface area contributed by atoms with Crippen molar-refractivity contribution in [2.75, 3.05) is 5.75 Å². The van der Waals surface area contributed by atoms with Crippen molar-refractivity contribution in [1.29, 1.82) is 0 Å². The highest BCUT2D eigenvalue weighted by atomic mass is 32.2. The molecule has 1 N–H and O–H groups in total. The molecule has 0 radical (unpaired) electrons. The summed E-state index contributed by atoms with van der Waals surface area (Å²) in [5, 5.41) is 10.6. The van der Waals surface area contributed by atoms with E-state index in [0.29, 0.717) is 11.1 Å². The van der Waals surface area contributed by atoms with Crippen molar-refractivity contribution in [3.63, 3.8) is 0 Å². The third kappa shape index (κ3) is 5.00. The summed E-state index contributed by atoms with van der Waals surface area (Å²) in [7, 11) is -2.05. The van der Waals surface area contributed by atoms with Gasteiger partial charge in [0.15, 0.2) is 5.60 Å². The Hall–Kier alpha value is -1.73. The van der Waals surface area contributed by atoms with Gasteiger partial charge in [-0.05, 0) is 61.1 Å². The normalized spacial score (nSPS) is 15.9. The molecule has 0 aliphatic carbocycles. The summed E-state index contributed by atoms with van der Waals surface area (Å²) in [5.74, 6) is -1.55. The molecule has 0 saturated heterocycles. The van der Waals surface area contributed by atoms with Crippen LogP contribution in [0.5, 0.6) is 0 Å². The predicted octanol–water partition coefficient (Wildman–Crippen LogP) is 5.21. The fourth-order valence-electron chi connectivity index (χ4n) is 3.37. The van der Waals surface area contributed by atoms with E-state index in [-0.39, 0.29) is 4.90 Å². The number of benzene rings is 2. The van der Waals surface area contributed by atoms with E-state index in [1.54, 1.807) is 19.1 Å². The van der Waals surface area contributed by atoms with Crippen LogP contribution in [0.2, 0.25) is 0 Å². The molecule has 2 atom stereocenters. The molecule has 154 valence electrons. The summed E-state index contributed by atoms with van der Waals surface area (Å²) < 4.78 is 67.7. The van der Waals surface area contributed by atoms with Gasteiger partial charge in [-0.2, -0.15) is 13.2 Å². The Morgan fingerprint density at radius 1 is 1.00 bits per heavy atom. The van der Waals surface area contributed by atoms with E-state index in [0.717, 1.165) is 5.56 Å². The Morgan fingerprint density at radius 3 is 2.11 bits per heavy atom. The van der Waals surface area contributed by atoms with Crippen LogP contribution in [0.1, 0.15) is 37.0 Å². The molecule has 2 aromatic carbocycles. The lowest BCUT2D eigenvalue weighted by atomic mass is 9.74. The zero-order chi connectivity index (χ0) is 21.3. The van der Waals surface area contributed by atoms with Gasteiger partial charge in [-0.1, -0.05) is 37.6 Å². The minimum atomic E-state index is -4.99. The first-order valence-electron chi connectivity index (χ1n) is 8.76. The van der Waals surface area contributed by atoms with Crippen molar-refractivity contribution >= 4 is 10.8 Å². The highest BCUT2D eigenvalue weighted by Gasteiger charge is 2.57. The molecule has 0 bridgehead atoms. The van der Waals surface area contributed by atoms with Crippen LogP contribution < -0.4 is 0 Å². The van der Waals surface area contributed by atoms with Crippen LogP contribution >= 0.6 is 0 Å². The third-order valence-electron chi connectivity index (χ3n) is 4.84. The monoisotopic (exact) mass is 416 g/mol. The van der Waals surface area contributed by atoms with Crippen LogP contribution in [-0.4, -0.2) is 26.8 Å². The summed E-state index contributed by atoms with van der Waals surface area (Å²) in [4.78, 5) is 0.216. The van der Waals surface area contributed by atoms with Crippen LogP contribution in [0.3, 0.4) is 0 Å². The molecule has 0 aliphatic heterocycles. The highest BCUT2D eigenvalue weighted by Crippen LogP contribution is 2.43. The summed E-state index contributed by atoms with van der Waals surface area (Å²) in [6.45, 7) is 6.51. The van der Waals surface area contributed by atoms with Gasteiger partial charge in [-0.3, -0.25) is 4.21 Å². The lowest BCUT2D eigenvalue weighted by Gasteiger charge is -2.38. The van der Waals surface area contributed by atoms with Crippen molar-refractivity contribution in [2.45, 2.75) is 56.2 Å². The third-order valence-corrected chi connectivity index (χ3v) is 6.38. The van der Waals surface area contributed by atoms with E-state index in [9.17, 15) is 26.9 Å². The number of rotatable bonds is 6. The van der Waals surface area contributed by atoms with Gasteiger partial charge >= 0.3 is 6.18 Å². The Labute approximate surface area is 165 Å². The van der Waals surface area contributed by atoms with Crippen LogP contribution in [0.4, 0.5) is 17.6 Å². The zero-order valence-electron chi connectivity index (χ0n) is 16.2. The topological polar surface area (TPSA) is 37.3 Å². The highest BCUT2D eigenvalue weighted by molar-refractivity contribution is 7.85. The molecule has 28 heavy (non-hydrogen) atoms. The van der Waals surface area contributed by atoms with Crippen molar-refractivity contribution < 1.29 is 26.9 Å². The molecule has 0 heterocycles. The van der Waals surface area contributed by atoms with E-state index in [1.165, 1.54) is 44.2 Å². The summed E-state index contributed by atoms with van der Waals surface area (Å²) >= 11 is 0. The van der Waals surface area contributed by atoms with Gasteiger partial charge in [0.05, 0.1) is 16.6 Å². The Kier molecular flexibility index (Phi) is 6.40. The van der Waals surface area contributed by atoms with Gasteiger partial charge in [0.2, 0.25) is 0 Å². The van der Waals surface area contributed by atoms with Crippen molar-refractivity contribution in [3.8, 4) is 0 Å². The van der Waals surface area contributed by atoms with Crippen molar-refractivity contribution in [3.05, 3.63) is 65.0 Å². The number of aliphatic hydroxyl groups is 1. The van der Waals surface area contributed by atoms with E-state index >= 15 is 0 Å². The Balaban J connectivity index is 2.38. The second kappa shape index (κ2) is 7.95. The second-order valence-electron chi connectivity index (χ2n) is 7.85. The summed E-state index contributed by atoms with van der Waals surface area (Å²) in [6.07, 6.45) is -5.74. The van der Waals surface area contributed by atoms with Crippen LogP contribution in [0, 0.1) is 19.7 Å². The number of hydrogen-bond acceptors (Lipinski definition) is 2. The van der Waals surface area contributed by atoms with E-state index in [2.05, 4.69) is 0 Å². The lowest BCUT2D eigenvalue weighted by molar-refractivity contribution is -0.257. The first-order chi connectivity index (χ1) is 12.7. The van der Waals surface area contributed by atoms with Gasteiger partial charge in [0, 0.05) is 4.90 Å². The molecular formula is C21H24F4O2S. The lowest BCUT2D eigenvalue weighted by Crippen LogP contribution is -2.53. The Bertz CT molecular complexity index is 860. The first-order valence-corrected chi connectivity index (χ1v) is 10.1. The molecule has 7 heteroatoms. The van der Waals surface area contributed by atoms with E-state index < -0.39 is 46.0 Å². The van der Waals surface area contributed by atoms with E-state index in [4.69, 9.17) is 0 Å². The number of hydrogen-bond donors (Lipinski definition) is 1. The molecule has 0 spiro atoms. The van der Waals surface area contributed by atoms with Crippen LogP contribution in [0.25, 0.3) is 0 Å². The molecule has 0 fully saturated rings. The quantitative estimate of drug-likeness (QED) is 0.657. The molecule has 2 rings (SSSR count). The maximum absolute atomic E-state index is 13.8. The standard InChI is InChI=1S/C21H24F4O2S/c1-14-5-9-17(10-6-14)28(27)13-20(26,21(23,24)25)12-19(3,4)18-11-16(22)8-7-15(18)2/h5-11,26H,12-13H2,1-4H3/t20-,28-/m1/s1. The molecule has 0 aliphatic rings. The van der Waals surface area contributed by atoms with Crippen LogP contribution in [-0.2, 0) is 16.2 Å². The molecule has 0 amide bonds. The van der Waals surface area contributed by atoms with Crippen LogP contribution in [0.15, 0.2) is 47.4 Å². The maximum Gasteiger partial charge on any atom is 0.418 e. The molecule has 0 saturated carbocycles. The fraction of sp³-hybridized carbons (Fsp3) is 0.429. The SMILES string of the molecule is Cc1ccc([S@](=O)C[C@](O)(CC(C)(C)c2cc(F)ccc2C)C(F)(F)F)cc1. The largest absolute Gasteiger partial charge is 0.418 e. The Morgan fingerprint density at radius 2 is 1.57 bits per heavy atom. The summed E-state index contributed by atoms with van der Waals surface area (Å²) in [6, 6.07) is 10.2. The maximum atomic E-state index is 13.8. The molecule has 0 aromatic heterocycles. The molecule has 2 nitrogen and oxygen atoms in total. The zero-order valence-corrected chi connectivity index (χ0v) is 17.0. The average molecular weight is 416 g/mol. The number of halogens is 4. The first kappa shape index (κ1) is 22.6. The number of alkyl halides is 3. The van der Waals surface area contributed by atoms with Crippen molar-refractivity contribution in [2.24, 2.45) is 0 Å². The van der Waals surface area contributed by atoms with Gasteiger partial charge in [0.1, 0.15) is 5.82 Å². The minimum absolute atomic E-state index is 0.216. The van der Waals surface area contributed by atoms with Gasteiger partial charge in [0.25, 0.3) is 0 Å². The average Bonchev–Trinajstić information content (AvgIpc) is 2.56. The summed E-state index contributed by atoms with van der Waals surface area (Å²) in [5.41, 5.74) is -2.51. The molecule has 0 unspecified atom stereocenters. The fourth-order valence-corrected chi connectivity index (χ4v) is 4.68. The molecule has 2 aromatic rings. The minimum Gasteiger partial charge on any atom is -0.380 e. The number of aryl methyl sites for hydroxylation is 2. The van der Waals surface area contributed by atoms with Gasteiger partial charge in [-0.15, -0.1) is 0 Å². The second-order valence-corrected chi connectivity index (χ2v) is 9.30. The predicted molar refractivity (Wildman–Crippen MR) is 102 cm³/mol. The molecular weight excluding hydrogens is 392 g/mol. The van der Waals surface area contributed by atoms with Gasteiger partial charge < -0.3 is 5.11 Å². The smallest absolute Gasteiger partial charge is 0.380 e.